The number of benzene rings is 2. The van der Waals surface area contributed by atoms with Gasteiger partial charge in [0.25, 0.3) is 25.2 Å². The summed E-state index contributed by atoms with van der Waals surface area (Å²) in [5, 5.41) is 1.58. The normalized spacial score (nSPS) is 15.5. The molecule has 1 aromatic heterocycles. The van der Waals surface area contributed by atoms with Crippen LogP contribution in [-0.4, -0.2) is 51.1 Å². The van der Waals surface area contributed by atoms with Gasteiger partial charge in [-0.3, -0.25) is 9.11 Å². The van der Waals surface area contributed by atoms with Crippen molar-refractivity contribution in [2.24, 2.45) is 0 Å². The van der Waals surface area contributed by atoms with Crippen LogP contribution in [0.5, 0.6) is 0 Å². The van der Waals surface area contributed by atoms with Crippen LogP contribution in [0.1, 0.15) is 23.1 Å². The number of hydrogen-bond donors (Lipinski definition) is 2. The molecular weight excluding hydrogens is 585 g/mol. The van der Waals surface area contributed by atoms with E-state index in [2.05, 4.69) is 0 Å². The Hall–Kier alpha value is -2.30. The van der Waals surface area contributed by atoms with Gasteiger partial charge in [-0.2, -0.15) is 21.4 Å². The second-order valence-electron chi connectivity index (χ2n) is 8.99. The predicted molar refractivity (Wildman–Crippen MR) is 153 cm³/mol. The summed E-state index contributed by atoms with van der Waals surface area (Å²) in [4.78, 5) is 12.6. The van der Waals surface area contributed by atoms with Crippen molar-refractivity contribution in [3.8, 4) is 0 Å². The largest absolute Gasteiger partial charge is 0.334 e. The van der Waals surface area contributed by atoms with E-state index in [-0.39, 0.29) is 19.7 Å². The van der Waals surface area contributed by atoms with Crippen LogP contribution in [0.3, 0.4) is 0 Å². The molecule has 0 saturated carbocycles. The molecule has 3 aromatic rings. The summed E-state index contributed by atoms with van der Waals surface area (Å²) >= 11 is 2.98. The van der Waals surface area contributed by atoms with Gasteiger partial charge in [-0.05, 0) is 54.8 Å². The van der Waals surface area contributed by atoms with Crippen LogP contribution in [0.25, 0.3) is 16.3 Å². The zero-order valence-corrected chi connectivity index (χ0v) is 24.8. The number of nitrogens with zero attached hydrogens (tertiary/aromatic N) is 2. The van der Waals surface area contributed by atoms with Crippen LogP contribution < -0.4 is 9.47 Å². The van der Waals surface area contributed by atoms with Crippen LogP contribution in [-0.2, 0) is 43.2 Å². The second-order valence-corrected chi connectivity index (χ2v) is 14.3. The monoisotopic (exact) mass is 613 g/mol. The minimum absolute atomic E-state index is 0.0447. The van der Waals surface area contributed by atoms with E-state index in [0.29, 0.717) is 0 Å². The lowest BCUT2D eigenvalue weighted by atomic mass is 10.2. The molecule has 0 unspecified atom stereocenters. The summed E-state index contributed by atoms with van der Waals surface area (Å²) < 4.78 is 67.6. The van der Waals surface area contributed by atoms with Crippen LogP contribution in [0.4, 0.5) is 5.69 Å². The Morgan fingerprint density at radius 2 is 1.82 bits per heavy atom. The van der Waals surface area contributed by atoms with Crippen molar-refractivity contribution in [3.05, 3.63) is 69.2 Å². The molecule has 2 aromatic carbocycles. The molecule has 0 atom stereocenters. The van der Waals surface area contributed by atoms with Gasteiger partial charge >= 0.3 is 0 Å². The van der Waals surface area contributed by atoms with E-state index < -0.39 is 31.7 Å². The van der Waals surface area contributed by atoms with E-state index in [1.807, 2.05) is 71.9 Å². The van der Waals surface area contributed by atoms with Gasteiger partial charge in [-0.25, -0.2) is 9.78 Å². The highest BCUT2D eigenvalue weighted by Crippen LogP contribution is 2.46. The molecule has 1 aliphatic heterocycles. The number of allylic oxidation sites excluding steroid dienone is 2. The molecule has 0 spiro atoms. The van der Waals surface area contributed by atoms with Crippen molar-refractivity contribution in [1.29, 1.82) is 0 Å². The predicted octanol–water partition coefficient (Wildman–Crippen LogP) is 4.21. The highest BCUT2D eigenvalue weighted by molar-refractivity contribution is 8.03. The van der Waals surface area contributed by atoms with Crippen molar-refractivity contribution >= 4 is 65.3 Å². The smallest absolute Gasteiger partial charge is 0.271 e. The molecule has 4 rings (SSSR count). The van der Waals surface area contributed by atoms with Crippen LogP contribution >= 0.6 is 23.1 Å². The molecule has 2 heterocycles. The van der Waals surface area contributed by atoms with Gasteiger partial charge in [0.1, 0.15) is 17.1 Å². The van der Waals surface area contributed by atoms with E-state index in [4.69, 9.17) is 9.78 Å². The lowest BCUT2D eigenvalue weighted by Crippen LogP contribution is -2.38. The quantitative estimate of drug-likeness (QED) is 0.140. The van der Waals surface area contributed by atoms with E-state index in [1.165, 1.54) is 30.2 Å². The highest BCUT2D eigenvalue weighted by atomic mass is 32.2. The Morgan fingerprint density at radius 1 is 1.08 bits per heavy atom. The number of thiazole rings is 1. The molecule has 0 aliphatic carbocycles. The molecule has 0 saturated heterocycles. The number of rotatable bonds is 11. The van der Waals surface area contributed by atoms with Gasteiger partial charge in [0, 0.05) is 23.6 Å². The first-order valence-electron chi connectivity index (χ1n) is 11.8. The van der Waals surface area contributed by atoms with Crippen LogP contribution in [0.2, 0.25) is 0 Å². The number of fused-ring (bicyclic) bond motifs is 2. The molecule has 39 heavy (non-hydrogen) atoms. The van der Waals surface area contributed by atoms with Gasteiger partial charge < -0.3 is 4.90 Å². The van der Waals surface area contributed by atoms with Gasteiger partial charge in [0.15, 0.2) is 6.54 Å². The molecule has 14 heteroatoms. The summed E-state index contributed by atoms with van der Waals surface area (Å²) in [6.07, 6.45) is 3.85. The first kappa shape index (κ1) is 29.7. The lowest BCUT2D eigenvalue weighted by Gasteiger charge is -2.20. The van der Waals surface area contributed by atoms with Gasteiger partial charge in [-0.15, -0.1) is 0 Å². The maximum Gasteiger partial charge on any atom is 0.271 e. The molecule has 1 aliphatic rings. The first-order valence-corrected chi connectivity index (χ1v) is 16.7. The van der Waals surface area contributed by atoms with E-state index >= 15 is 0 Å². The molecule has 210 valence electrons. The summed E-state index contributed by atoms with van der Waals surface area (Å²) in [6.45, 7) is 4.21. The van der Waals surface area contributed by atoms with E-state index in [9.17, 15) is 25.9 Å². The molecule has 0 radical (unpaired) electrons. The van der Waals surface area contributed by atoms with E-state index in [1.54, 1.807) is 0 Å². The summed E-state index contributed by atoms with van der Waals surface area (Å²) in [5.41, 5.74) is 4.37. The summed E-state index contributed by atoms with van der Waals surface area (Å²) in [5.74, 6) is -0.862. The summed E-state index contributed by atoms with van der Waals surface area (Å²) in [6, 6.07) is 11.7. The fourth-order valence-corrected chi connectivity index (χ4v) is 7.28. The fraction of sp³-hybridized carbons (Fsp3) is 0.320. The lowest BCUT2D eigenvalue weighted by molar-refractivity contribution is -0.664. The third kappa shape index (κ3) is 7.89. The van der Waals surface area contributed by atoms with Crippen molar-refractivity contribution in [2.45, 2.75) is 31.9 Å². The van der Waals surface area contributed by atoms with Crippen molar-refractivity contribution < 1.29 is 40.3 Å². The number of hydrogen-bond acceptors (Lipinski definition) is 9. The molecule has 2 N–H and O–H groups in total. The zero-order valence-electron chi connectivity index (χ0n) is 21.5. The topological polar surface area (TPSA) is 134 Å². The zero-order chi connectivity index (χ0) is 28.4. The standard InChI is InChI=1S/C25H28N2O8S4/c1-17-4-6-22-20(12-17)26(8-10-38(28,29)30)24(36-22)13-18(2)14-25-27(9-11-39(31,32)33)21-15-19(16-35-34-3)5-7-23(21)37-25/h4-7,12-15H,8-11,16H2,1-3H3,(H-,28,29,30,31,32,33)/p+1. The molecule has 0 bridgehead atoms. The minimum atomic E-state index is -4.19. The third-order valence-electron chi connectivity index (χ3n) is 5.87. The number of anilines is 1. The highest BCUT2D eigenvalue weighted by Gasteiger charge is 2.27. The average molecular weight is 614 g/mol. The summed E-state index contributed by atoms with van der Waals surface area (Å²) in [7, 11) is -6.93. The van der Waals surface area contributed by atoms with Crippen LogP contribution in [0, 0.1) is 6.92 Å². The maximum absolute atomic E-state index is 11.5. The Morgan fingerprint density at radius 3 is 2.51 bits per heavy atom. The number of aromatic nitrogens is 1. The second kappa shape index (κ2) is 12.1. The van der Waals surface area contributed by atoms with Crippen molar-refractivity contribution in [2.75, 3.05) is 30.1 Å². The maximum atomic E-state index is 11.5. The Bertz CT molecular complexity index is 1660. The Balaban J connectivity index is 1.73. The third-order valence-corrected chi connectivity index (χ3v) is 9.49. The number of thioether (sulfide) groups is 1. The first-order chi connectivity index (χ1) is 18.3. The van der Waals surface area contributed by atoms with E-state index in [0.717, 1.165) is 47.5 Å². The average Bonchev–Trinajstić information content (AvgIpc) is 3.35. The minimum Gasteiger partial charge on any atom is -0.334 e. The van der Waals surface area contributed by atoms with Crippen LogP contribution in [0.15, 0.2) is 58.0 Å². The molecule has 0 amide bonds. The van der Waals surface area contributed by atoms with Crippen molar-refractivity contribution in [3.63, 3.8) is 0 Å². The van der Waals surface area contributed by atoms with Gasteiger partial charge in [0.05, 0.1) is 23.6 Å². The Labute approximate surface area is 236 Å². The Kier molecular flexibility index (Phi) is 9.18. The molecule has 10 nitrogen and oxygen atoms in total. The molecular formula is C25H29N2O8S4+. The van der Waals surface area contributed by atoms with Gasteiger partial charge in [0.2, 0.25) is 5.52 Å². The number of aryl methyl sites for hydroxylation is 2. The fourth-order valence-electron chi connectivity index (χ4n) is 4.10. The molecule has 0 fully saturated rings. The van der Waals surface area contributed by atoms with Crippen molar-refractivity contribution in [1.82, 2.24) is 0 Å². The SMILES string of the molecule is COOCc1ccc2sc(/C=C(C)\C=C3\Sc4ccc(C)cc4N3CCS(=O)(=O)O)[n+](CCS(=O)(=O)O)c2c1. The van der Waals surface area contributed by atoms with Gasteiger partial charge in [-0.1, -0.05) is 35.2 Å².